The van der Waals surface area contributed by atoms with Crippen LogP contribution >= 0.6 is 11.6 Å². The van der Waals surface area contributed by atoms with Crippen molar-refractivity contribution in [1.29, 1.82) is 0 Å². The molecular weight excluding hydrogens is 390 g/mol. The number of rotatable bonds is 8. The number of nitrogens with zero attached hydrogens (tertiary/aromatic N) is 1. The zero-order valence-corrected chi connectivity index (χ0v) is 17.0. The number of nitrogens with one attached hydrogen (secondary N) is 2. The highest BCUT2D eigenvalue weighted by Crippen LogP contribution is 2.33. The van der Waals surface area contributed by atoms with E-state index in [0.717, 1.165) is 16.0 Å². The third-order valence-electron chi connectivity index (χ3n) is 5.02. The van der Waals surface area contributed by atoms with Gasteiger partial charge in [-0.1, -0.05) is 67.4 Å². The van der Waals surface area contributed by atoms with Gasteiger partial charge >= 0.3 is 6.03 Å². The summed E-state index contributed by atoms with van der Waals surface area (Å²) in [6, 6.07) is 16.0. The van der Waals surface area contributed by atoms with Gasteiger partial charge in [-0.05, 0) is 36.1 Å². The van der Waals surface area contributed by atoms with Crippen LogP contribution in [0.3, 0.4) is 0 Å². The summed E-state index contributed by atoms with van der Waals surface area (Å²) in [6.45, 7) is 2.06. The minimum absolute atomic E-state index is 0.302. The molecule has 152 valence electrons. The van der Waals surface area contributed by atoms with Crippen LogP contribution in [0.25, 0.3) is 0 Å². The van der Waals surface area contributed by atoms with Crippen molar-refractivity contribution in [1.82, 2.24) is 15.5 Å². The third kappa shape index (κ3) is 4.59. The Kier molecular flexibility index (Phi) is 6.54. The molecule has 1 fully saturated rings. The van der Waals surface area contributed by atoms with E-state index < -0.39 is 11.6 Å². The van der Waals surface area contributed by atoms with Crippen LogP contribution in [0.5, 0.6) is 0 Å². The molecule has 2 N–H and O–H groups in total. The molecule has 0 unspecified atom stereocenters. The van der Waals surface area contributed by atoms with Gasteiger partial charge in [-0.25, -0.2) is 4.79 Å². The van der Waals surface area contributed by atoms with Gasteiger partial charge in [0.1, 0.15) is 12.1 Å². The molecule has 1 aliphatic rings. The quantitative estimate of drug-likeness (QED) is 0.652. The smallest absolute Gasteiger partial charge is 0.325 e. The Morgan fingerprint density at radius 2 is 1.79 bits per heavy atom. The Morgan fingerprint density at radius 1 is 1.10 bits per heavy atom. The number of benzene rings is 2. The molecule has 0 radical (unpaired) electrons. The van der Waals surface area contributed by atoms with Gasteiger partial charge < -0.3 is 10.6 Å². The van der Waals surface area contributed by atoms with E-state index in [2.05, 4.69) is 10.6 Å². The molecule has 2 aromatic rings. The summed E-state index contributed by atoms with van der Waals surface area (Å²) in [5.41, 5.74) is 0.651. The predicted octanol–water partition coefficient (Wildman–Crippen LogP) is 3.25. The number of carbonyl (C=O) groups excluding carboxylic acids is 3. The van der Waals surface area contributed by atoms with Crippen molar-refractivity contribution in [3.8, 4) is 0 Å². The number of hydrogen-bond donors (Lipinski definition) is 2. The first kappa shape index (κ1) is 20.9. The molecule has 29 heavy (non-hydrogen) atoms. The molecule has 0 aliphatic carbocycles. The molecule has 1 saturated heterocycles. The van der Waals surface area contributed by atoms with E-state index in [-0.39, 0.29) is 18.4 Å². The van der Waals surface area contributed by atoms with E-state index in [1.54, 1.807) is 12.1 Å². The van der Waals surface area contributed by atoms with E-state index >= 15 is 0 Å². The minimum atomic E-state index is -1.11. The Labute approximate surface area is 175 Å². The summed E-state index contributed by atoms with van der Waals surface area (Å²) in [6.07, 6.45) is 1.81. The normalized spacial score (nSPS) is 18.6. The van der Waals surface area contributed by atoms with Gasteiger partial charge in [-0.2, -0.15) is 0 Å². The number of carbonyl (C=O) groups is 3. The van der Waals surface area contributed by atoms with Crippen LogP contribution in [0.15, 0.2) is 54.6 Å². The molecule has 1 atom stereocenters. The van der Waals surface area contributed by atoms with Crippen molar-refractivity contribution < 1.29 is 14.4 Å². The maximum atomic E-state index is 13.1. The molecule has 1 heterocycles. The average molecular weight is 414 g/mol. The molecule has 0 spiro atoms. The Hall–Kier alpha value is -2.86. The Balaban J connectivity index is 1.63. The largest absolute Gasteiger partial charge is 0.354 e. The molecule has 1 aliphatic heterocycles. The summed E-state index contributed by atoms with van der Waals surface area (Å²) in [5, 5.41) is 6.25. The highest BCUT2D eigenvalue weighted by molar-refractivity contribution is 6.30. The van der Waals surface area contributed by atoms with Crippen molar-refractivity contribution in [3.63, 3.8) is 0 Å². The van der Waals surface area contributed by atoms with Crippen LogP contribution in [0, 0.1) is 0 Å². The lowest BCUT2D eigenvalue weighted by Crippen LogP contribution is -2.45. The lowest BCUT2D eigenvalue weighted by molar-refractivity contribution is -0.135. The van der Waals surface area contributed by atoms with Gasteiger partial charge in [0.15, 0.2) is 0 Å². The van der Waals surface area contributed by atoms with Gasteiger partial charge in [0.2, 0.25) is 5.91 Å². The van der Waals surface area contributed by atoms with E-state index in [1.807, 2.05) is 49.4 Å². The molecule has 0 saturated carbocycles. The summed E-state index contributed by atoms with van der Waals surface area (Å²) in [7, 11) is 0. The maximum Gasteiger partial charge on any atom is 0.325 e. The van der Waals surface area contributed by atoms with E-state index in [4.69, 9.17) is 11.6 Å². The SMILES string of the molecule is CCC[C@]1(c2ccccc2)NC(=O)N(CC(=O)NCCc2ccc(Cl)cc2)C1=O. The van der Waals surface area contributed by atoms with Crippen LogP contribution in [-0.2, 0) is 21.5 Å². The van der Waals surface area contributed by atoms with Crippen molar-refractivity contribution in [2.24, 2.45) is 0 Å². The molecule has 6 nitrogen and oxygen atoms in total. The standard InChI is InChI=1S/C22H24ClN3O3/c1-2-13-22(17-6-4-3-5-7-17)20(28)26(21(29)25-22)15-19(27)24-14-12-16-8-10-18(23)11-9-16/h3-11H,2,12-15H2,1H3,(H,24,27)(H,25,29)/t22-/m1/s1. The second-order valence-electron chi connectivity index (χ2n) is 7.07. The number of imide groups is 1. The predicted molar refractivity (Wildman–Crippen MR) is 111 cm³/mol. The van der Waals surface area contributed by atoms with Crippen LogP contribution in [0.4, 0.5) is 4.79 Å². The lowest BCUT2D eigenvalue weighted by atomic mass is 9.85. The number of amides is 4. The van der Waals surface area contributed by atoms with Gasteiger partial charge in [0, 0.05) is 11.6 Å². The average Bonchev–Trinajstić information content (AvgIpc) is 2.95. The minimum Gasteiger partial charge on any atom is -0.354 e. The molecule has 7 heteroatoms. The third-order valence-corrected chi connectivity index (χ3v) is 5.27. The van der Waals surface area contributed by atoms with Gasteiger partial charge in [0.05, 0.1) is 0 Å². The zero-order valence-electron chi connectivity index (χ0n) is 16.3. The molecule has 4 amide bonds. The van der Waals surface area contributed by atoms with Gasteiger partial charge in [-0.3, -0.25) is 14.5 Å². The monoisotopic (exact) mass is 413 g/mol. The topological polar surface area (TPSA) is 78.5 Å². The number of halogens is 1. The van der Waals surface area contributed by atoms with Crippen molar-refractivity contribution >= 4 is 29.4 Å². The summed E-state index contributed by atoms with van der Waals surface area (Å²) < 4.78 is 0. The van der Waals surface area contributed by atoms with Gasteiger partial charge in [-0.15, -0.1) is 0 Å². The van der Waals surface area contributed by atoms with Crippen molar-refractivity contribution in [2.45, 2.75) is 31.7 Å². The van der Waals surface area contributed by atoms with Crippen LogP contribution < -0.4 is 10.6 Å². The number of urea groups is 1. The fourth-order valence-corrected chi connectivity index (χ4v) is 3.70. The fraction of sp³-hybridized carbons (Fsp3) is 0.318. The first-order valence-corrected chi connectivity index (χ1v) is 10.0. The van der Waals surface area contributed by atoms with Crippen molar-refractivity contribution in [2.75, 3.05) is 13.1 Å². The second kappa shape index (κ2) is 9.09. The fourth-order valence-electron chi connectivity index (χ4n) is 3.57. The van der Waals surface area contributed by atoms with E-state index in [0.29, 0.717) is 30.8 Å². The Bertz CT molecular complexity index is 886. The van der Waals surface area contributed by atoms with E-state index in [9.17, 15) is 14.4 Å². The first-order chi connectivity index (χ1) is 14.0. The number of hydrogen-bond acceptors (Lipinski definition) is 3. The zero-order chi connectivity index (χ0) is 20.9. The molecule has 0 bridgehead atoms. The summed E-state index contributed by atoms with van der Waals surface area (Å²) >= 11 is 5.86. The van der Waals surface area contributed by atoms with Crippen LogP contribution in [-0.4, -0.2) is 35.8 Å². The lowest BCUT2D eigenvalue weighted by Gasteiger charge is -2.26. The van der Waals surface area contributed by atoms with E-state index in [1.165, 1.54) is 0 Å². The summed E-state index contributed by atoms with van der Waals surface area (Å²) in [5.74, 6) is -0.758. The van der Waals surface area contributed by atoms with Crippen LogP contribution in [0.2, 0.25) is 5.02 Å². The molecule has 3 rings (SSSR count). The second-order valence-corrected chi connectivity index (χ2v) is 7.51. The summed E-state index contributed by atoms with van der Waals surface area (Å²) in [4.78, 5) is 39.0. The van der Waals surface area contributed by atoms with Crippen molar-refractivity contribution in [3.05, 3.63) is 70.7 Å². The maximum absolute atomic E-state index is 13.1. The first-order valence-electron chi connectivity index (χ1n) is 9.67. The Morgan fingerprint density at radius 3 is 2.45 bits per heavy atom. The molecule has 2 aromatic carbocycles. The highest BCUT2D eigenvalue weighted by Gasteiger charge is 2.52. The van der Waals surface area contributed by atoms with Gasteiger partial charge in [0.25, 0.3) is 5.91 Å². The highest BCUT2D eigenvalue weighted by atomic mass is 35.5. The molecule has 0 aromatic heterocycles. The molecular formula is C22H24ClN3O3. The van der Waals surface area contributed by atoms with Crippen LogP contribution in [0.1, 0.15) is 30.9 Å².